The fourth-order valence-electron chi connectivity index (χ4n) is 2.65. The third kappa shape index (κ3) is 2.99. The van der Waals surface area contributed by atoms with Gasteiger partial charge < -0.3 is 10.2 Å². The van der Waals surface area contributed by atoms with Crippen LogP contribution >= 0.6 is 11.3 Å². The van der Waals surface area contributed by atoms with Gasteiger partial charge in [-0.2, -0.15) is 0 Å². The third-order valence-electron chi connectivity index (χ3n) is 3.88. The van der Waals surface area contributed by atoms with E-state index in [1.54, 1.807) is 11.3 Å². The van der Waals surface area contributed by atoms with Crippen molar-refractivity contribution in [1.82, 2.24) is 15.2 Å². The third-order valence-corrected chi connectivity index (χ3v) is 4.69. The first-order valence-electron chi connectivity index (χ1n) is 7.05. The van der Waals surface area contributed by atoms with Gasteiger partial charge in [0, 0.05) is 11.6 Å². The molecule has 0 bridgehead atoms. The molecule has 4 nitrogen and oxygen atoms in total. The second-order valence-corrected chi connectivity index (χ2v) is 6.33. The molecule has 1 amide bonds. The summed E-state index contributed by atoms with van der Waals surface area (Å²) < 4.78 is 1.12. The van der Waals surface area contributed by atoms with E-state index >= 15 is 0 Å². The largest absolute Gasteiger partial charge is 0.349 e. The summed E-state index contributed by atoms with van der Waals surface area (Å²) in [5.74, 6) is 0.0226. The fraction of sp³-hybridized carbons (Fsp3) is 0.467. The molecule has 1 N–H and O–H groups in total. The van der Waals surface area contributed by atoms with E-state index in [0.29, 0.717) is 11.6 Å². The summed E-state index contributed by atoms with van der Waals surface area (Å²) in [6, 6.07) is 6.03. The standard InChI is InChI=1S/C15H19N3OS/c1-18-7-2-3-12(6-8-18)17-15(19)11-4-5-14-13(9-11)16-10-20-14/h4-5,9-10,12H,2-3,6-8H2,1H3,(H,17,19). The minimum Gasteiger partial charge on any atom is -0.349 e. The number of carbonyl (C=O) groups excluding carboxylic acids is 1. The van der Waals surface area contributed by atoms with Gasteiger partial charge in [0.05, 0.1) is 15.7 Å². The first kappa shape index (κ1) is 13.5. The van der Waals surface area contributed by atoms with Crippen LogP contribution in [0.15, 0.2) is 23.7 Å². The zero-order chi connectivity index (χ0) is 13.9. The molecule has 3 rings (SSSR count). The van der Waals surface area contributed by atoms with Gasteiger partial charge in [-0.15, -0.1) is 11.3 Å². The number of likely N-dealkylation sites (tertiary alicyclic amines) is 1. The first-order chi connectivity index (χ1) is 9.72. The van der Waals surface area contributed by atoms with Gasteiger partial charge >= 0.3 is 0 Å². The van der Waals surface area contributed by atoms with Crippen molar-refractivity contribution in [2.45, 2.75) is 25.3 Å². The molecule has 20 heavy (non-hydrogen) atoms. The topological polar surface area (TPSA) is 45.2 Å². The highest BCUT2D eigenvalue weighted by Crippen LogP contribution is 2.19. The van der Waals surface area contributed by atoms with E-state index in [9.17, 15) is 4.79 Å². The number of carbonyl (C=O) groups is 1. The van der Waals surface area contributed by atoms with Gasteiger partial charge in [0.15, 0.2) is 0 Å². The molecule has 1 atom stereocenters. The van der Waals surface area contributed by atoms with Gasteiger partial charge in [0.1, 0.15) is 0 Å². The lowest BCUT2D eigenvalue weighted by molar-refractivity contribution is 0.0933. The average Bonchev–Trinajstić information content (AvgIpc) is 2.82. The highest BCUT2D eigenvalue weighted by molar-refractivity contribution is 7.16. The highest BCUT2D eigenvalue weighted by atomic mass is 32.1. The van der Waals surface area contributed by atoms with Crippen LogP contribution in [0, 0.1) is 0 Å². The molecule has 1 aromatic carbocycles. The molecule has 2 aromatic rings. The van der Waals surface area contributed by atoms with E-state index in [1.807, 2.05) is 23.7 Å². The van der Waals surface area contributed by atoms with Crippen LogP contribution in [0.3, 0.4) is 0 Å². The van der Waals surface area contributed by atoms with Crippen molar-refractivity contribution < 1.29 is 4.79 Å². The molecule has 1 unspecified atom stereocenters. The summed E-state index contributed by atoms with van der Waals surface area (Å²) in [7, 11) is 2.14. The Morgan fingerprint density at radius 2 is 2.30 bits per heavy atom. The molecular formula is C15H19N3OS. The van der Waals surface area contributed by atoms with Gasteiger partial charge in [-0.1, -0.05) is 0 Å². The van der Waals surface area contributed by atoms with Crippen LogP contribution in [0.1, 0.15) is 29.6 Å². The quantitative estimate of drug-likeness (QED) is 0.924. The van der Waals surface area contributed by atoms with Crippen LogP contribution in [0.5, 0.6) is 0 Å². The first-order valence-corrected chi connectivity index (χ1v) is 7.93. The van der Waals surface area contributed by atoms with Gasteiger partial charge in [-0.3, -0.25) is 4.79 Å². The van der Waals surface area contributed by atoms with Gasteiger partial charge in [0.2, 0.25) is 0 Å². The molecule has 2 heterocycles. The predicted molar refractivity (Wildman–Crippen MR) is 82.2 cm³/mol. The van der Waals surface area contributed by atoms with E-state index in [4.69, 9.17) is 0 Å². The predicted octanol–water partition coefficient (Wildman–Crippen LogP) is 2.51. The van der Waals surface area contributed by atoms with E-state index in [-0.39, 0.29) is 5.91 Å². The van der Waals surface area contributed by atoms with Crippen LogP contribution in [0.25, 0.3) is 10.2 Å². The molecule has 1 aromatic heterocycles. The molecule has 1 fully saturated rings. The number of nitrogens with zero attached hydrogens (tertiary/aromatic N) is 2. The molecule has 106 valence electrons. The smallest absolute Gasteiger partial charge is 0.251 e. The Hall–Kier alpha value is -1.46. The molecule has 0 saturated carbocycles. The Balaban J connectivity index is 1.68. The van der Waals surface area contributed by atoms with Gasteiger partial charge in [-0.25, -0.2) is 4.98 Å². The average molecular weight is 289 g/mol. The minimum atomic E-state index is 0.0226. The van der Waals surface area contributed by atoms with Crippen molar-refractivity contribution in [3.63, 3.8) is 0 Å². The summed E-state index contributed by atoms with van der Waals surface area (Å²) in [6.45, 7) is 2.17. The number of benzene rings is 1. The Morgan fingerprint density at radius 1 is 1.40 bits per heavy atom. The molecule has 1 aliphatic heterocycles. The minimum absolute atomic E-state index is 0.0226. The van der Waals surface area contributed by atoms with E-state index in [0.717, 1.165) is 42.6 Å². The van der Waals surface area contributed by atoms with E-state index < -0.39 is 0 Å². The Bertz CT molecular complexity index is 610. The molecule has 1 aliphatic rings. The summed E-state index contributed by atoms with van der Waals surface area (Å²) >= 11 is 1.60. The maximum atomic E-state index is 12.3. The van der Waals surface area contributed by atoms with Crippen molar-refractivity contribution in [2.24, 2.45) is 0 Å². The monoisotopic (exact) mass is 289 g/mol. The van der Waals surface area contributed by atoms with E-state index in [2.05, 4.69) is 22.2 Å². The number of rotatable bonds is 2. The van der Waals surface area contributed by atoms with Gasteiger partial charge in [0.25, 0.3) is 5.91 Å². The number of nitrogens with one attached hydrogen (secondary N) is 1. The maximum absolute atomic E-state index is 12.3. The van der Waals surface area contributed by atoms with Crippen molar-refractivity contribution in [3.8, 4) is 0 Å². The number of hydrogen-bond acceptors (Lipinski definition) is 4. The second kappa shape index (κ2) is 5.89. The summed E-state index contributed by atoms with van der Waals surface area (Å²) in [5.41, 5.74) is 3.43. The molecule has 0 radical (unpaired) electrons. The molecule has 0 spiro atoms. The Kier molecular flexibility index (Phi) is 3.98. The van der Waals surface area contributed by atoms with Crippen molar-refractivity contribution in [3.05, 3.63) is 29.3 Å². The highest BCUT2D eigenvalue weighted by Gasteiger charge is 2.17. The van der Waals surface area contributed by atoms with Crippen molar-refractivity contribution >= 4 is 27.5 Å². The summed E-state index contributed by atoms with van der Waals surface area (Å²) in [6.07, 6.45) is 3.24. The van der Waals surface area contributed by atoms with Gasteiger partial charge in [-0.05, 0) is 57.6 Å². The van der Waals surface area contributed by atoms with Crippen LogP contribution in [0.2, 0.25) is 0 Å². The van der Waals surface area contributed by atoms with Crippen molar-refractivity contribution in [2.75, 3.05) is 20.1 Å². The number of amides is 1. The SMILES string of the molecule is CN1CCCC(NC(=O)c2ccc3scnc3c2)CC1. The Labute approximate surface area is 122 Å². The Morgan fingerprint density at radius 3 is 3.20 bits per heavy atom. The number of aromatic nitrogens is 1. The maximum Gasteiger partial charge on any atom is 0.251 e. The normalized spacial score (nSPS) is 20.8. The molecule has 0 aliphatic carbocycles. The summed E-state index contributed by atoms with van der Waals surface area (Å²) in [4.78, 5) is 18.9. The second-order valence-electron chi connectivity index (χ2n) is 5.44. The van der Waals surface area contributed by atoms with Crippen LogP contribution in [-0.2, 0) is 0 Å². The lowest BCUT2D eigenvalue weighted by atomic mass is 10.1. The fourth-order valence-corrected chi connectivity index (χ4v) is 3.31. The molecule has 1 saturated heterocycles. The molecule has 5 heteroatoms. The van der Waals surface area contributed by atoms with Crippen molar-refractivity contribution in [1.29, 1.82) is 0 Å². The van der Waals surface area contributed by atoms with Crippen LogP contribution in [0.4, 0.5) is 0 Å². The number of thiazole rings is 1. The van der Waals surface area contributed by atoms with Crippen LogP contribution in [-0.4, -0.2) is 42.0 Å². The summed E-state index contributed by atoms with van der Waals surface area (Å²) in [5, 5.41) is 3.16. The molecular weight excluding hydrogens is 270 g/mol. The number of hydrogen-bond donors (Lipinski definition) is 1. The zero-order valence-corrected chi connectivity index (χ0v) is 12.4. The zero-order valence-electron chi connectivity index (χ0n) is 11.6. The van der Waals surface area contributed by atoms with E-state index in [1.165, 1.54) is 0 Å². The van der Waals surface area contributed by atoms with Crippen LogP contribution < -0.4 is 5.32 Å². The lowest BCUT2D eigenvalue weighted by Crippen LogP contribution is -2.35. The lowest BCUT2D eigenvalue weighted by Gasteiger charge is -2.16. The number of fused-ring (bicyclic) bond motifs is 1.